The second kappa shape index (κ2) is 9.14. The Balaban J connectivity index is 1.33. The zero-order valence-corrected chi connectivity index (χ0v) is 20.1. The molecule has 0 spiro atoms. The molecule has 182 valence electrons. The summed E-state index contributed by atoms with van der Waals surface area (Å²) in [5.41, 5.74) is 2.73. The molecule has 3 heterocycles. The molecule has 1 aromatic carbocycles. The summed E-state index contributed by atoms with van der Waals surface area (Å²) in [6.45, 7) is 5.06. The van der Waals surface area contributed by atoms with Crippen LogP contribution < -0.4 is 10.6 Å². The van der Waals surface area contributed by atoms with Crippen LogP contribution in [-0.2, 0) is 5.60 Å². The van der Waals surface area contributed by atoms with Crippen molar-refractivity contribution in [2.45, 2.75) is 64.1 Å². The Bertz CT molecular complexity index is 1330. The predicted molar refractivity (Wildman–Crippen MR) is 133 cm³/mol. The molecule has 9 nitrogen and oxygen atoms in total. The van der Waals surface area contributed by atoms with Gasteiger partial charge in [0.15, 0.2) is 22.9 Å². The van der Waals surface area contributed by atoms with Gasteiger partial charge in [0.25, 0.3) is 5.91 Å². The maximum atomic E-state index is 12.6. The Kier molecular flexibility index (Phi) is 6.02. The number of H-pyrrole nitrogens is 1. The number of amides is 1. The Morgan fingerprint density at radius 3 is 2.63 bits per heavy atom. The Hall–Kier alpha value is -3.72. The largest absolute Gasteiger partial charge is 0.382 e. The number of carbonyl (C=O) groups is 1. The lowest BCUT2D eigenvalue weighted by Gasteiger charge is -2.15. The van der Waals surface area contributed by atoms with E-state index in [2.05, 4.69) is 31.0 Å². The summed E-state index contributed by atoms with van der Waals surface area (Å²) in [5.74, 6) is 0.722. The number of benzene rings is 1. The Morgan fingerprint density at radius 1 is 1.20 bits per heavy atom. The fraction of sp³-hybridized carbons (Fsp3) is 0.385. The standard InChI is InChI=1S/C26H30N6O3/c1-15(28-25(33)20-14-21(35-32-20)26(2,3)34)16-8-10-17(11-9-16)19-12-13-27-23-22(19)24(31-30-23)29-18-6-4-5-7-18/h8-15,18,34H,4-7H2,1-3H3,(H,28,33)(H2,27,29,30,31). The number of fused-ring (bicyclic) bond motifs is 1. The lowest BCUT2D eigenvalue weighted by Crippen LogP contribution is -2.27. The lowest BCUT2D eigenvalue weighted by atomic mass is 9.99. The van der Waals surface area contributed by atoms with Crippen LogP contribution in [-0.4, -0.2) is 37.4 Å². The molecule has 4 N–H and O–H groups in total. The Morgan fingerprint density at radius 2 is 1.94 bits per heavy atom. The number of carbonyl (C=O) groups excluding carboxylic acids is 1. The van der Waals surface area contributed by atoms with Gasteiger partial charge in [0.2, 0.25) is 0 Å². The van der Waals surface area contributed by atoms with E-state index in [0.29, 0.717) is 6.04 Å². The minimum Gasteiger partial charge on any atom is -0.382 e. The van der Waals surface area contributed by atoms with Gasteiger partial charge in [-0.3, -0.25) is 9.89 Å². The highest BCUT2D eigenvalue weighted by Gasteiger charge is 2.25. The van der Waals surface area contributed by atoms with Crippen molar-refractivity contribution in [3.8, 4) is 11.1 Å². The van der Waals surface area contributed by atoms with Crippen LogP contribution in [0, 0.1) is 0 Å². The number of rotatable bonds is 7. The molecular formula is C26H30N6O3. The normalized spacial score (nSPS) is 15.4. The van der Waals surface area contributed by atoms with E-state index in [4.69, 9.17) is 4.52 Å². The molecule has 35 heavy (non-hydrogen) atoms. The van der Waals surface area contributed by atoms with Crippen molar-refractivity contribution in [1.29, 1.82) is 0 Å². The Labute approximate surface area is 203 Å². The second-order valence-corrected chi connectivity index (χ2v) is 9.73. The summed E-state index contributed by atoms with van der Waals surface area (Å²) in [4.78, 5) is 17.1. The van der Waals surface area contributed by atoms with Gasteiger partial charge in [-0.05, 0) is 56.4 Å². The number of pyridine rings is 1. The van der Waals surface area contributed by atoms with E-state index in [1.165, 1.54) is 18.9 Å². The number of aromatic nitrogens is 4. The molecule has 0 radical (unpaired) electrons. The van der Waals surface area contributed by atoms with Crippen LogP contribution in [0.15, 0.2) is 47.1 Å². The molecule has 1 fully saturated rings. The first-order chi connectivity index (χ1) is 16.8. The number of nitrogens with zero attached hydrogens (tertiary/aromatic N) is 3. The van der Waals surface area contributed by atoms with Crippen LogP contribution in [0.3, 0.4) is 0 Å². The first-order valence-corrected chi connectivity index (χ1v) is 12.0. The molecule has 0 bridgehead atoms. The quantitative estimate of drug-likeness (QED) is 0.306. The fourth-order valence-corrected chi connectivity index (χ4v) is 4.54. The molecule has 1 atom stereocenters. The first-order valence-electron chi connectivity index (χ1n) is 12.0. The molecule has 4 aromatic rings. The minimum atomic E-state index is -1.20. The van der Waals surface area contributed by atoms with E-state index in [1.807, 2.05) is 37.3 Å². The summed E-state index contributed by atoms with van der Waals surface area (Å²) >= 11 is 0. The zero-order valence-electron chi connectivity index (χ0n) is 20.1. The third-order valence-electron chi connectivity index (χ3n) is 6.57. The number of anilines is 1. The number of hydrogen-bond acceptors (Lipinski definition) is 7. The van der Waals surface area contributed by atoms with Gasteiger partial charge in [-0.25, -0.2) is 4.98 Å². The van der Waals surface area contributed by atoms with E-state index >= 15 is 0 Å². The van der Waals surface area contributed by atoms with E-state index in [-0.39, 0.29) is 23.4 Å². The van der Waals surface area contributed by atoms with Crippen molar-refractivity contribution < 1.29 is 14.4 Å². The van der Waals surface area contributed by atoms with Gasteiger partial charge in [-0.1, -0.05) is 42.3 Å². The summed E-state index contributed by atoms with van der Waals surface area (Å²) in [6, 6.07) is 11.8. The molecule has 5 rings (SSSR count). The van der Waals surface area contributed by atoms with Crippen molar-refractivity contribution in [2.75, 3.05) is 5.32 Å². The summed E-state index contributed by atoms with van der Waals surface area (Å²) < 4.78 is 5.10. The van der Waals surface area contributed by atoms with Crippen LogP contribution in [0.25, 0.3) is 22.2 Å². The van der Waals surface area contributed by atoms with Crippen LogP contribution in [0.1, 0.15) is 74.3 Å². The van der Waals surface area contributed by atoms with E-state index < -0.39 is 5.60 Å². The maximum absolute atomic E-state index is 12.6. The van der Waals surface area contributed by atoms with Gasteiger partial charge in [0, 0.05) is 18.3 Å². The summed E-state index contributed by atoms with van der Waals surface area (Å²) in [7, 11) is 0. The highest BCUT2D eigenvalue weighted by atomic mass is 16.5. The van der Waals surface area contributed by atoms with Gasteiger partial charge >= 0.3 is 0 Å². The molecule has 1 saturated carbocycles. The monoisotopic (exact) mass is 474 g/mol. The molecule has 0 aliphatic heterocycles. The number of nitrogens with one attached hydrogen (secondary N) is 3. The summed E-state index contributed by atoms with van der Waals surface area (Å²) in [5, 5.41) is 28.9. The van der Waals surface area contributed by atoms with Gasteiger partial charge in [0.1, 0.15) is 5.60 Å². The molecule has 1 aliphatic carbocycles. The van der Waals surface area contributed by atoms with Crippen molar-refractivity contribution >= 4 is 22.8 Å². The van der Waals surface area contributed by atoms with Crippen molar-refractivity contribution in [2.24, 2.45) is 0 Å². The van der Waals surface area contributed by atoms with E-state index in [1.54, 1.807) is 20.0 Å². The molecule has 1 aliphatic rings. The molecule has 3 aromatic heterocycles. The van der Waals surface area contributed by atoms with Crippen molar-refractivity contribution in [3.63, 3.8) is 0 Å². The zero-order chi connectivity index (χ0) is 24.6. The smallest absolute Gasteiger partial charge is 0.273 e. The maximum Gasteiger partial charge on any atom is 0.273 e. The third-order valence-corrected chi connectivity index (χ3v) is 6.57. The van der Waals surface area contributed by atoms with E-state index in [0.717, 1.165) is 46.4 Å². The average Bonchev–Trinajstić information content (AvgIpc) is 3.60. The molecule has 0 saturated heterocycles. The van der Waals surface area contributed by atoms with Crippen LogP contribution in [0.2, 0.25) is 0 Å². The van der Waals surface area contributed by atoms with Gasteiger partial charge in [-0.15, -0.1) is 0 Å². The van der Waals surface area contributed by atoms with Crippen LogP contribution in [0.4, 0.5) is 5.82 Å². The van der Waals surface area contributed by atoms with Crippen molar-refractivity contribution in [1.82, 2.24) is 25.7 Å². The average molecular weight is 475 g/mol. The predicted octanol–water partition coefficient (Wildman–Crippen LogP) is 4.69. The highest BCUT2D eigenvalue weighted by molar-refractivity contribution is 6.00. The minimum absolute atomic E-state index is 0.132. The van der Waals surface area contributed by atoms with Crippen molar-refractivity contribution in [3.05, 3.63) is 59.6 Å². The van der Waals surface area contributed by atoms with Gasteiger partial charge in [0.05, 0.1) is 11.4 Å². The number of aromatic amines is 1. The van der Waals surface area contributed by atoms with E-state index in [9.17, 15) is 9.90 Å². The van der Waals surface area contributed by atoms with Gasteiger partial charge in [-0.2, -0.15) is 5.10 Å². The fourth-order valence-electron chi connectivity index (χ4n) is 4.54. The summed E-state index contributed by atoms with van der Waals surface area (Å²) in [6.07, 6.45) is 6.61. The number of hydrogen-bond donors (Lipinski definition) is 4. The molecule has 1 unspecified atom stereocenters. The molecule has 9 heteroatoms. The van der Waals surface area contributed by atoms with Crippen LogP contribution >= 0.6 is 0 Å². The first kappa shape index (κ1) is 23.0. The number of aliphatic hydroxyl groups is 1. The van der Waals surface area contributed by atoms with Crippen LogP contribution in [0.5, 0.6) is 0 Å². The topological polar surface area (TPSA) is 129 Å². The third kappa shape index (κ3) is 4.77. The second-order valence-electron chi connectivity index (χ2n) is 9.73. The molecular weight excluding hydrogens is 444 g/mol. The SMILES string of the molecule is CC(NC(=O)c1cc(C(C)(C)O)on1)c1ccc(-c2ccnc3[nH]nc(NC4CCCC4)c23)cc1. The highest BCUT2D eigenvalue weighted by Crippen LogP contribution is 2.33. The molecule has 1 amide bonds. The van der Waals surface area contributed by atoms with Gasteiger partial charge < -0.3 is 20.3 Å². The lowest BCUT2D eigenvalue weighted by molar-refractivity contribution is 0.0474.